The summed E-state index contributed by atoms with van der Waals surface area (Å²) in [5.74, 6) is -0.318. The maximum Gasteiger partial charge on any atom is 0.124 e. The zero-order chi connectivity index (χ0) is 13.8. The third-order valence-electron chi connectivity index (χ3n) is 2.97. The molecule has 0 fully saturated rings. The van der Waals surface area contributed by atoms with Gasteiger partial charge >= 0.3 is 0 Å². The summed E-state index contributed by atoms with van der Waals surface area (Å²) < 4.78 is 14.9. The molecule has 0 saturated carbocycles. The minimum Gasteiger partial charge on any atom is -0.310 e. The van der Waals surface area contributed by atoms with Gasteiger partial charge in [0.1, 0.15) is 5.82 Å². The predicted octanol–water partition coefficient (Wildman–Crippen LogP) is 3.11. The summed E-state index contributed by atoms with van der Waals surface area (Å²) in [4.78, 5) is 0. The Morgan fingerprint density at radius 2 is 2.21 bits per heavy atom. The van der Waals surface area contributed by atoms with E-state index in [4.69, 9.17) is 11.6 Å². The van der Waals surface area contributed by atoms with Crippen LogP contribution in [-0.2, 0) is 13.5 Å². The van der Waals surface area contributed by atoms with Gasteiger partial charge < -0.3 is 5.32 Å². The first-order chi connectivity index (χ1) is 9.10. The Kier molecular flexibility index (Phi) is 4.56. The van der Waals surface area contributed by atoms with Crippen molar-refractivity contribution in [2.45, 2.75) is 19.4 Å². The third kappa shape index (κ3) is 3.55. The molecule has 2 rings (SSSR count). The summed E-state index contributed by atoms with van der Waals surface area (Å²) in [6, 6.07) is 6.52. The van der Waals surface area contributed by atoms with E-state index in [0.29, 0.717) is 5.02 Å². The van der Waals surface area contributed by atoms with Crippen LogP contribution in [0.3, 0.4) is 0 Å². The number of aromatic nitrogens is 2. The Balaban J connectivity index is 2.23. The molecule has 5 heteroatoms. The molecule has 1 atom stereocenters. The van der Waals surface area contributed by atoms with Crippen LogP contribution in [0, 0.1) is 5.82 Å². The van der Waals surface area contributed by atoms with Crippen LogP contribution >= 0.6 is 11.6 Å². The lowest BCUT2D eigenvalue weighted by atomic mass is 10.0. The molecule has 1 heterocycles. The lowest BCUT2D eigenvalue weighted by molar-refractivity contribution is 0.538. The van der Waals surface area contributed by atoms with Gasteiger partial charge in [0, 0.05) is 30.7 Å². The number of hydrogen-bond acceptors (Lipinski definition) is 2. The molecule has 0 spiro atoms. The molecule has 2 aromatic rings. The normalized spacial score (nSPS) is 12.6. The molecular formula is C14H17ClFN3. The number of likely N-dealkylation sites (N-methyl/N-ethyl adjacent to an activating group) is 1. The average Bonchev–Trinajstić information content (AvgIpc) is 2.74. The second-order valence-electron chi connectivity index (χ2n) is 4.46. The predicted molar refractivity (Wildman–Crippen MR) is 74.7 cm³/mol. The first-order valence-electron chi connectivity index (χ1n) is 6.27. The molecule has 0 aliphatic carbocycles. The fourth-order valence-corrected chi connectivity index (χ4v) is 2.40. The van der Waals surface area contributed by atoms with E-state index >= 15 is 0 Å². The fourth-order valence-electron chi connectivity index (χ4n) is 2.10. The van der Waals surface area contributed by atoms with E-state index in [0.717, 1.165) is 24.2 Å². The molecule has 19 heavy (non-hydrogen) atoms. The molecule has 0 saturated heterocycles. The molecule has 102 valence electrons. The highest BCUT2D eigenvalue weighted by atomic mass is 35.5. The second kappa shape index (κ2) is 6.17. The third-order valence-corrected chi connectivity index (χ3v) is 3.30. The number of rotatable bonds is 5. The number of benzene rings is 1. The van der Waals surface area contributed by atoms with E-state index in [2.05, 4.69) is 10.4 Å². The van der Waals surface area contributed by atoms with Crippen molar-refractivity contribution in [2.24, 2.45) is 7.05 Å². The summed E-state index contributed by atoms with van der Waals surface area (Å²) >= 11 is 6.13. The SMILES string of the molecule is CCNC(Cc1ccn(C)n1)c1ccc(F)cc1Cl. The van der Waals surface area contributed by atoms with Crippen LogP contribution in [0.2, 0.25) is 5.02 Å². The van der Waals surface area contributed by atoms with Crippen molar-refractivity contribution >= 4 is 11.6 Å². The second-order valence-corrected chi connectivity index (χ2v) is 4.87. The van der Waals surface area contributed by atoms with Crippen LogP contribution in [0.25, 0.3) is 0 Å². The van der Waals surface area contributed by atoms with Gasteiger partial charge in [-0.1, -0.05) is 24.6 Å². The van der Waals surface area contributed by atoms with Gasteiger partial charge in [-0.25, -0.2) is 4.39 Å². The van der Waals surface area contributed by atoms with Crippen LogP contribution in [0.15, 0.2) is 30.5 Å². The molecule has 1 aromatic carbocycles. The topological polar surface area (TPSA) is 29.9 Å². The Morgan fingerprint density at radius 3 is 2.79 bits per heavy atom. The van der Waals surface area contributed by atoms with Crippen molar-refractivity contribution in [3.8, 4) is 0 Å². The smallest absolute Gasteiger partial charge is 0.124 e. The molecule has 0 amide bonds. The van der Waals surface area contributed by atoms with Gasteiger partial charge in [0.15, 0.2) is 0 Å². The number of nitrogens with one attached hydrogen (secondary N) is 1. The van der Waals surface area contributed by atoms with E-state index in [-0.39, 0.29) is 11.9 Å². The van der Waals surface area contributed by atoms with Crippen LogP contribution in [0.1, 0.15) is 24.2 Å². The summed E-state index contributed by atoms with van der Waals surface area (Å²) in [7, 11) is 1.89. The minimum atomic E-state index is -0.318. The molecule has 0 aliphatic rings. The minimum absolute atomic E-state index is 0.0352. The van der Waals surface area contributed by atoms with Crippen molar-refractivity contribution in [1.82, 2.24) is 15.1 Å². The van der Waals surface area contributed by atoms with Crippen molar-refractivity contribution in [3.05, 3.63) is 52.6 Å². The van der Waals surface area contributed by atoms with Crippen LogP contribution in [0.4, 0.5) is 4.39 Å². The zero-order valence-electron chi connectivity index (χ0n) is 11.0. The lowest BCUT2D eigenvalue weighted by Crippen LogP contribution is -2.23. The van der Waals surface area contributed by atoms with Crippen molar-refractivity contribution < 1.29 is 4.39 Å². The monoisotopic (exact) mass is 281 g/mol. The maximum absolute atomic E-state index is 13.1. The van der Waals surface area contributed by atoms with E-state index in [1.165, 1.54) is 12.1 Å². The molecule has 0 aliphatic heterocycles. The zero-order valence-corrected chi connectivity index (χ0v) is 11.8. The maximum atomic E-state index is 13.1. The lowest BCUT2D eigenvalue weighted by Gasteiger charge is -2.18. The van der Waals surface area contributed by atoms with Crippen molar-refractivity contribution in [3.63, 3.8) is 0 Å². The average molecular weight is 282 g/mol. The molecule has 1 unspecified atom stereocenters. The fraction of sp³-hybridized carbons (Fsp3) is 0.357. The summed E-state index contributed by atoms with van der Waals surface area (Å²) in [5.41, 5.74) is 1.88. The van der Waals surface area contributed by atoms with E-state index < -0.39 is 0 Å². The Morgan fingerprint density at radius 1 is 1.42 bits per heavy atom. The molecule has 1 N–H and O–H groups in total. The highest BCUT2D eigenvalue weighted by molar-refractivity contribution is 6.31. The number of halogens is 2. The molecule has 0 bridgehead atoms. The molecule has 3 nitrogen and oxygen atoms in total. The molecule has 1 aromatic heterocycles. The highest BCUT2D eigenvalue weighted by Gasteiger charge is 2.16. The first-order valence-corrected chi connectivity index (χ1v) is 6.64. The van der Waals surface area contributed by atoms with Gasteiger partial charge in [0.05, 0.1) is 5.69 Å². The summed E-state index contributed by atoms with van der Waals surface area (Å²) in [6.45, 7) is 2.84. The van der Waals surface area contributed by atoms with Gasteiger partial charge in [-0.2, -0.15) is 5.10 Å². The molecular weight excluding hydrogens is 265 g/mol. The van der Waals surface area contributed by atoms with E-state index in [9.17, 15) is 4.39 Å². The Hall–Kier alpha value is -1.39. The largest absolute Gasteiger partial charge is 0.310 e. The van der Waals surface area contributed by atoms with E-state index in [1.807, 2.05) is 26.2 Å². The van der Waals surface area contributed by atoms with Gasteiger partial charge in [-0.05, 0) is 30.3 Å². The quantitative estimate of drug-likeness (QED) is 0.913. The standard InChI is InChI=1S/C14H17ClFN3/c1-3-17-14(9-11-6-7-19(2)18-11)12-5-4-10(16)8-13(12)15/h4-8,14,17H,3,9H2,1-2H3. The van der Waals surface area contributed by atoms with Gasteiger partial charge in [-0.15, -0.1) is 0 Å². The Bertz CT molecular complexity index is 553. The number of nitrogens with zero attached hydrogens (tertiary/aromatic N) is 2. The van der Waals surface area contributed by atoms with Gasteiger partial charge in [-0.3, -0.25) is 4.68 Å². The number of hydrogen-bond donors (Lipinski definition) is 1. The van der Waals surface area contributed by atoms with Gasteiger partial charge in [0.25, 0.3) is 0 Å². The van der Waals surface area contributed by atoms with E-state index in [1.54, 1.807) is 10.7 Å². The van der Waals surface area contributed by atoms with Crippen LogP contribution < -0.4 is 5.32 Å². The van der Waals surface area contributed by atoms with Gasteiger partial charge in [0.2, 0.25) is 0 Å². The Labute approximate surface area is 117 Å². The molecule has 0 radical (unpaired) electrons. The van der Waals surface area contributed by atoms with Crippen LogP contribution in [0.5, 0.6) is 0 Å². The summed E-state index contributed by atoms with van der Waals surface area (Å²) in [5, 5.41) is 8.17. The first kappa shape index (κ1) is 14.0. The summed E-state index contributed by atoms with van der Waals surface area (Å²) in [6.07, 6.45) is 2.63. The number of aryl methyl sites for hydroxylation is 1. The highest BCUT2D eigenvalue weighted by Crippen LogP contribution is 2.26. The van der Waals surface area contributed by atoms with Crippen molar-refractivity contribution in [1.29, 1.82) is 0 Å². The van der Waals surface area contributed by atoms with Crippen LogP contribution in [-0.4, -0.2) is 16.3 Å². The van der Waals surface area contributed by atoms with Crippen molar-refractivity contribution in [2.75, 3.05) is 6.54 Å².